The molecule has 6 nitrogen and oxygen atoms in total. The molecular formula is C14H13BrClN5O. The SMILES string of the molecule is O=C(c1cc(Br)cnc1Cl)N1CCN(c2ncccn2)CC1. The van der Waals surface area contributed by atoms with E-state index in [1.165, 1.54) is 0 Å². The quantitative estimate of drug-likeness (QED) is 0.746. The molecular weight excluding hydrogens is 370 g/mol. The number of rotatable bonds is 2. The smallest absolute Gasteiger partial charge is 0.257 e. The molecule has 114 valence electrons. The number of halogens is 2. The number of hydrogen-bond donors (Lipinski definition) is 0. The molecule has 1 saturated heterocycles. The summed E-state index contributed by atoms with van der Waals surface area (Å²) < 4.78 is 0.733. The molecule has 2 aromatic heterocycles. The highest BCUT2D eigenvalue weighted by Gasteiger charge is 2.25. The summed E-state index contributed by atoms with van der Waals surface area (Å²) in [7, 11) is 0. The van der Waals surface area contributed by atoms with Crippen LogP contribution in [-0.2, 0) is 0 Å². The van der Waals surface area contributed by atoms with Gasteiger partial charge in [0.2, 0.25) is 5.95 Å². The largest absolute Gasteiger partial charge is 0.337 e. The zero-order valence-corrected chi connectivity index (χ0v) is 14.0. The normalized spacial score (nSPS) is 15.0. The molecule has 22 heavy (non-hydrogen) atoms. The van der Waals surface area contributed by atoms with Crippen molar-refractivity contribution in [3.8, 4) is 0 Å². The second-order valence-corrected chi connectivity index (χ2v) is 6.09. The molecule has 1 fully saturated rings. The van der Waals surface area contributed by atoms with Gasteiger partial charge in [0, 0.05) is 49.2 Å². The van der Waals surface area contributed by atoms with Crippen LogP contribution < -0.4 is 4.90 Å². The van der Waals surface area contributed by atoms with Crippen LogP contribution >= 0.6 is 27.5 Å². The van der Waals surface area contributed by atoms with Crippen LogP contribution in [-0.4, -0.2) is 51.9 Å². The molecule has 3 heterocycles. The lowest BCUT2D eigenvalue weighted by molar-refractivity contribution is 0.0746. The highest BCUT2D eigenvalue weighted by atomic mass is 79.9. The molecule has 0 aromatic carbocycles. The summed E-state index contributed by atoms with van der Waals surface area (Å²) in [6, 6.07) is 3.48. The molecule has 0 aliphatic carbocycles. The number of anilines is 1. The summed E-state index contributed by atoms with van der Waals surface area (Å²) in [5, 5.41) is 0.224. The van der Waals surface area contributed by atoms with Crippen molar-refractivity contribution < 1.29 is 4.79 Å². The molecule has 0 N–H and O–H groups in total. The van der Waals surface area contributed by atoms with E-state index in [9.17, 15) is 4.79 Å². The zero-order chi connectivity index (χ0) is 15.5. The third kappa shape index (κ3) is 3.20. The molecule has 0 radical (unpaired) electrons. The first-order chi connectivity index (χ1) is 10.6. The van der Waals surface area contributed by atoms with Gasteiger partial charge >= 0.3 is 0 Å². The van der Waals surface area contributed by atoms with E-state index in [1.54, 1.807) is 35.6 Å². The van der Waals surface area contributed by atoms with Gasteiger partial charge in [-0.25, -0.2) is 15.0 Å². The molecule has 0 unspecified atom stereocenters. The highest BCUT2D eigenvalue weighted by molar-refractivity contribution is 9.10. The Morgan fingerprint density at radius 3 is 2.50 bits per heavy atom. The number of carbonyl (C=O) groups excluding carboxylic acids is 1. The van der Waals surface area contributed by atoms with E-state index >= 15 is 0 Å². The minimum Gasteiger partial charge on any atom is -0.337 e. The first-order valence-corrected chi connectivity index (χ1v) is 7.94. The molecule has 0 spiro atoms. The standard InChI is InChI=1S/C14H13BrClN5O/c15-10-8-11(12(16)19-9-10)13(22)20-4-6-21(7-5-20)14-17-2-1-3-18-14/h1-3,8-9H,4-7H2. The van der Waals surface area contributed by atoms with Crippen molar-refractivity contribution in [3.05, 3.63) is 45.9 Å². The number of piperazine rings is 1. The van der Waals surface area contributed by atoms with E-state index in [0.29, 0.717) is 37.7 Å². The van der Waals surface area contributed by atoms with Crippen molar-refractivity contribution in [2.45, 2.75) is 0 Å². The third-order valence-electron chi connectivity index (χ3n) is 3.44. The predicted molar refractivity (Wildman–Crippen MR) is 87.1 cm³/mol. The number of carbonyl (C=O) groups is 1. The highest BCUT2D eigenvalue weighted by Crippen LogP contribution is 2.21. The van der Waals surface area contributed by atoms with E-state index in [4.69, 9.17) is 11.6 Å². The molecule has 1 aliphatic rings. The number of amides is 1. The Bertz CT molecular complexity index is 676. The van der Waals surface area contributed by atoms with Crippen LogP contribution in [0, 0.1) is 0 Å². The van der Waals surface area contributed by atoms with Gasteiger partial charge in [-0.3, -0.25) is 4.79 Å². The van der Waals surface area contributed by atoms with E-state index in [-0.39, 0.29) is 11.1 Å². The molecule has 8 heteroatoms. The Kier molecular flexibility index (Phi) is 4.54. The summed E-state index contributed by atoms with van der Waals surface area (Å²) in [5.41, 5.74) is 0.417. The molecule has 2 aromatic rings. The van der Waals surface area contributed by atoms with Gasteiger partial charge in [-0.2, -0.15) is 0 Å². The minimum atomic E-state index is -0.104. The summed E-state index contributed by atoms with van der Waals surface area (Å²) in [6.45, 7) is 2.57. The lowest BCUT2D eigenvalue weighted by atomic mass is 10.2. The predicted octanol–water partition coefficient (Wildman–Crippen LogP) is 2.25. The van der Waals surface area contributed by atoms with Crippen LogP contribution in [0.25, 0.3) is 0 Å². The van der Waals surface area contributed by atoms with Gasteiger partial charge in [0.25, 0.3) is 5.91 Å². The van der Waals surface area contributed by atoms with Crippen molar-refractivity contribution in [3.63, 3.8) is 0 Å². The average Bonchev–Trinajstić information content (AvgIpc) is 2.57. The second-order valence-electron chi connectivity index (χ2n) is 4.82. The van der Waals surface area contributed by atoms with E-state index in [1.807, 2.05) is 0 Å². The Labute approximate surface area is 141 Å². The molecule has 1 amide bonds. The van der Waals surface area contributed by atoms with Gasteiger partial charge in [0.15, 0.2) is 0 Å². The summed E-state index contributed by atoms with van der Waals surface area (Å²) >= 11 is 9.34. The lowest BCUT2D eigenvalue weighted by Gasteiger charge is -2.34. The molecule has 0 bridgehead atoms. The molecule has 1 aliphatic heterocycles. The summed E-state index contributed by atoms with van der Waals surface area (Å²) in [6.07, 6.45) is 5.00. The first kappa shape index (κ1) is 15.2. The van der Waals surface area contributed by atoms with E-state index in [0.717, 1.165) is 4.47 Å². The number of aromatic nitrogens is 3. The van der Waals surface area contributed by atoms with Gasteiger partial charge in [-0.1, -0.05) is 11.6 Å². The number of hydrogen-bond acceptors (Lipinski definition) is 5. The van der Waals surface area contributed by atoms with E-state index in [2.05, 4.69) is 35.8 Å². The van der Waals surface area contributed by atoms with Gasteiger partial charge in [0.1, 0.15) is 5.15 Å². The molecule has 0 atom stereocenters. The van der Waals surface area contributed by atoms with Crippen LogP contribution in [0.2, 0.25) is 5.15 Å². The monoisotopic (exact) mass is 381 g/mol. The average molecular weight is 383 g/mol. The third-order valence-corrected chi connectivity index (χ3v) is 4.17. The maximum absolute atomic E-state index is 12.5. The van der Waals surface area contributed by atoms with Gasteiger partial charge in [0.05, 0.1) is 5.56 Å². The van der Waals surface area contributed by atoms with Crippen molar-refractivity contribution in [2.24, 2.45) is 0 Å². The number of pyridine rings is 1. The van der Waals surface area contributed by atoms with Crippen LogP contribution in [0.4, 0.5) is 5.95 Å². The van der Waals surface area contributed by atoms with Crippen molar-refractivity contribution in [1.82, 2.24) is 19.9 Å². The number of nitrogens with zero attached hydrogens (tertiary/aromatic N) is 5. The fourth-order valence-electron chi connectivity index (χ4n) is 2.31. The van der Waals surface area contributed by atoms with Gasteiger partial charge in [-0.05, 0) is 28.1 Å². The van der Waals surface area contributed by atoms with Gasteiger partial charge in [-0.15, -0.1) is 0 Å². The molecule has 0 saturated carbocycles. The Hall–Kier alpha value is -1.73. The minimum absolute atomic E-state index is 0.104. The Morgan fingerprint density at radius 1 is 1.14 bits per heavy atom. The fourth-order valence-corrected chi connectivity index (χ4v) is 2.82. The first-order valence-electron chi connectivity index (χ1n) is 6.77. The van der Waals surface area contributed by atoms with Crippen LogP contribution in [0.15, 0.2) is 35.2 Å². The Morgan fingerprint density at radius 2 is 1.82 bits per heavy atom. The van der Waals surface area contributed by atoms with Crippen molar-refractivity contribution in [1.29, 1.82) is 0 Å². The van der Waals surface area contributed by atoms with Gasteiger partial charge < -0.3 is 9.80 Å². The van der Waals surface area contributed by atoms with Crippen LogP contribution in [0.3, 0.4) is 0 Å². The summed E-state index contributed by atoms with van der Waals surface area (Å²) in [4.78, 5) is 28.8. The maximum atomic E-state index is 12.5. The second kappa shape index (κ2) is 6.58. The Balaban J connectivity index is 1.68. The van der Waals surface area contributed by atoms with Crippen molar-refractivity contribution >= 4 is 39.4 Å². The van der Waals surface area contributed by atoms with Crippen LogP contribution in [0.1, 0.15) is 10.4 Å². The molecule has 3 rings (SSSR count). The lowest BCUT2D eigenvalue weighted by Crippen LogP contribution is -2.49. The maximum Gasteiger partial charge on any atom is 0.257 e. The zero-order valence-electron chi connectivity index (χ0n) is 11.6. The topological polar surface area (TPSA) is 62.2 Å². The van der Waals surface area contributed by atoms with Crippen molar-refractivity contribution in [2.75, 3.05) is 31.1 Å². The summed E-state index contributed by atoms with van der Waals surface area (Å²) in [5.74, 6) is 0.587. The van der Waals surface area contributed by atoms with E-state index < -0.39 is 0 Å². The van der Waals surface area contributed by atoms with Crippen LogP contribution in [0.5, 0.6) is 0 Å². The fraction of sp³-hybridized carbons (Fsp3) is 0.286.